The van der Waals surface area contributed by atoms with Crippen LogP contribution >= 0.6 is 0 Å². The number of hydrogen-bond acceptors (Lipinski definition) is 2. The molecular formula is C7H13F3N2. The van der Waals surface area contributed by atoms with Gasteiger partial charge in [0, 0.05) is 19.3 Å². The molecule has 0 spiro atoms. The van der Waals surface area contributed by atoms with Gasteiger partial charge in [0.15, 0.2) is 0 Å². The summed E-state index contributed by atoms with van der Waals surface area (Å²) < 4.78 is 35.6. The average Bonchev–Trinajstić information content (AvgIpc) is 1.85. The van der Waals surface area contributed by atoms with Crippen molar-refractivity contribution in [1.29, 1.82) is 0 Å². The first-order chi connectivity index (χ1) is 5.25. The van der Waals surface area contributed by atoms with Gasteiger partial charge < -0.3 is 10.6 Å². The lowest BCUT2D eigenvalue weighted by molar-refractivity contribution is -0.0938. The van der Waals surface area contributed by atoms with E-state index in [-0.39, 0.29) is 6.04 Å². The van der Waals surface area contributed by atoms with E-state index in [1.165, 1.54) is 4.90 Å². The molecule has 5 heteroatoms. The lowest BCUT2D eigenvalue weighted by Gasteiger charge is -2.20. The zero-order chi connectivity index (χ0) is 9.94. The molecule has 0 bridgehead atoms. The van der Waals surface area contributed by atoms with Crippen molar-refractivity contribution >= 4 is 0 Å². The van der Waals surface area contributed by atoms with Crippen LogP contribution in [0.5, 0.6) is 0 Å². The second-order valence-electron chi connectivity index (χ2n) is 2.84. The summed E-state index contributed by atoms with van der Waals surface area (Å²) in [5, 5.41) is 0. The zero-order valence-corrected chi connectivity index (χ0v) is 7.31. The molecule has 0 heterocycles. The summed E-state index contributed by atoms with van der Waals surface area (Å²) in [5.74, 6) is 0. The molecular weight excluding hydrogens is 169 g/mol. The van der Waals surface area contributed by atoms with Crippen molar-refractivity contribution in [2.45, 2.75) is 26.1 Å². The molecule has 72 valence electrons. The predicted octanol–water partition coefficient (Wildman–Crippen LogP) is 1.69. The Morgan fingerprint density at radius 3 is 2.08 bits per heavy atom. The third-order valence-electron chi connectivity index (χ3n) is 1.48. The van der Waals surface area contributed by atoms with E-state index in [1.807, 2.05) is 0 Å². The van der Waals surface area contributed by atoms with Gasteiger partial charge in [0.1, 0.15) is 5.70 Å². The summed E-state index contributed by atoms with van der Waals surface area (Å²) in [6, 6.07) is 0.00546. The largest absolute Gasteiger partial charge is 0.432 e. The zero-order valence-electron chi connectivity index (χ0n) is 7.31. The van der Waals surface area contributed by atoms with Crippen LogP contribution in [0.2, 0.25) is 0 Å². The van der Waals surface area contributed by atoms with Crippen LogP contribution < -0.4 is 5.73 Å². The average molecular weight is 182 g/mol. The molecule has 0 aromatic rings. The first-order valence-corrected chi connectivity index (χ1v) is 3.51. The molecule has 0 aromatic carbocycles. The van der Waals surface area contributed by atoms with Crippen molar-refractivity contribution in [1.82, 2.24) is 4.90 Å². The maximum Gasteiger partial charge on any atom is 0.432 e. The second kappa shape index (κ2) is 3.69. The number of alkyl halides is 3. The van der Waals surface area contributed by atoms with E-state index in [0.717, 1.165) is 6.20 Å². The van der Waals surface area contributed by atoms with E-state index in [0.29, 0.717) is 0 Å². The van der Waals surface area contributed by atoms with Crippen LogP contribution in [0.25, 0.3) is 0 Å². The fraction of sp³-hybridized carbons (Fsp3) is 0.714. The summed E-state index contributed by atoms with van der Waals surface area (Å²) in [6.07, 6.45) is -3.53. The highest BCUT2D eigenvalue weighted by atomic mass is 19.4. The summed E-state index contributed by atoms with van der Waals surface area (Å²) >= 11 is 0. The Labute approximate surface area is 69.8 Å². The van der Waals surface area contributed by atoms with Crippen molar-refractivity contribution in [2.24, 2.45) is 5.73 Å². The van der Waals surface area contributed by atoms with Gasteiger partial charge in [-0.3, -0.25) is 0 Å². The highest BCUT2D eigenvalue weighted by molar-refractivity contribution is 5.02. The minimum absolute atomic E-state index is 0.00546. The topological polar surface area (TPSA) is 29.3 Å². The summed E-state index contributed by atoms with van der Waals surface area (Å²) in [6.45, 7) is 3.56. The molecule has 12 heavy (non-hydrogen) atoms. The Morgan fingerprint density at radius 1 is 1.42 bits per heavy atom. The number of rotatable bonds is 2. The maximum atomic E-state index is 11.9. The smallest absolute Gasteiger partial charge is 0.394 e. The molecule has 0 amide bonds. The van der Waals surface area contributed by atoms with Crippen LogP contribution in [0.3, 0.4) is 0 Å². The summed E-state index contributed by atoms with van der Waals surface area (Å²) in [5.41, 5.74) is 3.71. The Balaban J connectivity index is 4.36. The molecule has 0 atom stereocenters. The van der Waals surface area contributed by atoms with Crippen LogP contribution in [-0.2, 0) is 0 Å². The van der Waals surface area contributed by atoms with Crippen molar-refractivity contribution in [3.05, 3.63) is 11.9 Å². The third-order valence-corrected chi connectivity index (χ3v) is 1.48. The van der Waals surface area contributed by atoms with Gasteiger partial charge in [-0.05, 0) is 13.8 Å². The van der Waals surface area contributed by atoms with E-state index in [2.05, 4.69) is 0 Å². The van der Waals surface area contributed by atoms with E-state index in [9.17, 15) is 13.2 Å². The Hall–Kier alpha value is -0.870. The molecule has 0 unspecified atom stereocenters. The minimum Gasteiger partial charge on any atom is -0.394 e. The molecule has 0 aliphatic rings. The van der Waals surface area contributed by atoms with Gasteiger partial charge >= 0.3 is 6.18 Å². The van der Waals surface area contributed by atoms with Gasteiger partial charge in [-0.1, -0.05) is 0 Å². The molecule has 0 aromatic heterocycles. The first-order valence-electron chi connectivity index (χ1n) is 3.51. The molecule has 0 fully saturated rings. The summed E-state index contributed by atoms with van der Waals surface area (Å²) in [4.78, 5) is 1.41. The summed E-state index contributed by atoms with van der Waals surface area (Å²) in [7, 11) is 1.54. The quantitative estimate of drug-likeness (QED) is 0.704. The Kier molecular flexibility index (Phi) is 3.42. The molecule has 0 rings (SSSR count). The Morgan fingerprint density at radius 2 is 1.83 bits per heavy atom. The van der Waals surface area contributed by atoms with E-state index in [1.54, 1.807) is 20.9 Å². The van der Waals surface area contributed by atoms with E-state index >= 15 is 0 Å². The minimum atomic E-state index is -4.43. The Bertz CT molecular complexity index is 172. The van der Waals surface area contributed by atoms with Crippen LogP contribution in [0, 0.1) is 0 Å². The van der Waals surface area contributed by atoms with Gasteiger partial charge in [-0.2, -0.15) is 13.2 Å². The first kappa shape index (κ1) is 11.1. The fourth-order valence-electron chi connectivity index (χ4n) is 0.442. The molecule has 0 aliphatic heterocycles. The van der Waals surface area contributed by atoms with Crippen molar-refractivity contribution in [2.75, 3.05) is 7.05 Å². The molecule has 2 nitrogen and oxygen atoms in total. The standard InChI is InChI=1S/C7H13F3N2/c1-5(2)12(3)4-6(11)7(8,9)10/h4-5H,11H2,1-3H3/b6-4-. The van der Waals surface area contributed by atoms with Gasteiger partial charge in [0.2, 0.25) is 0 Å². The maximum absolute atomic E-state index is 11.9. The monoisotopic (exact) mass is 182 g/mol. The molecule has 0 radical (unpaired) electrons. The van der Waals surface area contributed by atoms with E-state index in [4.69, 9.17) is 5.73 Å². The SMILES string of the molecule is CC(C)N(C)/C=C(\N)C(F)(F)F. The van der Waals surface area contributed by atoms with E-state index < -0.39 is 11.9 Å². The highest BCUT2D eigenvalue weighted by Crippen LogP contribution is 2.21. The van der Waals surface area contributed by atoms with Crippen molar-refractivity contribution in [3.8, 4) is 0 Å². The molecule has 0 aliphatic carbocycles. The van der Waals surface area contributed by atoms with Gasteiger partial charge in [-0.15, -0.1) is 0 Å². The second-order valence-corrected chi connectivity index (χ2v) is 2.84. The molecule has 2 N–H and O–H groups in total. The van der Waals surface area contributed by atoms with Gasteiger partial charge in [0.25, 0.3) is 0 Å². The van der Waals surface area contributed by atoms with Crippen molar-refractivity contribution in [3.63, 3.8) is 0 Å². The van der Waals surface area contributed by atoms with Crippen molar-refractivity contribution < 1.29 is 13.2 Å². The number of nitrogens with zero attached hydrogens (tertiary/aromatic N) is 1. The fourth-order valence-corrected chi connectivity index (χ4v) is 0.442. The third kappa shape index (κ3) is 3.50. The van der Waals surface area contributed by atoms with Crippen LogP contribution in [0.15, 0.2) is 11.9 Å². The van der Waals surface area contributed by atoms with Crippen LogP contribution in [0.1, 0.15) is 13.8 Å². The lowest BCUT2D eigenvalue weighted by atomic mass is 10.3. The van der Waals surface area contributed by atoms with Gasteiger partial charge in [-0.25, -0.2) is 0 Å². The van der Waals surface area contributed by atoms with Crippen LogP contribution in [-0.4, -0.2) is 24.2 Å². The number of hydrogen-bond donors (Lipinski definition) is 1. The van der Waals surface area contributed by atoms with Gasteiger partial charge in [0.05, 0.1) is 0 Å². The van der Waals surface area contributed by atoms with Crippen LogP contribution in [0.4, 0.5) is 13.2 Å². The molecule has 0 saturated carbocycles. The number of allylic oxidation sites excluding steroid dienone is 1. The number of nitrogens with two attached hydrogens (primary N) is 1. The molecule has 0 saturated heterocycles. The normalized spacial score (nSPS) is 13.8. The highest BCUT2D eigenvalue weighted by Gasteiger charge is 2.31. The predicted molar refractivity (Wildman–Crippen MR) is 41.2 cm³/mol. The lowest BCUT2D eigenvalue weighted by Crippen LogP contribution is -2.27. The number of halogens is 3.